The lowest BCUT2D eigenvalue weighted by Crippen LogP contribution is -2.29. The molecule has 1 aromatic rings. The van der Waals surface area contributed by atoms with Crippen LogP contribution < -0.4 is 4.90 Å². The summed E-state index contributed by atoms with van der Waals surface area (Å²) in [6.07, 6.45) is 0. The Hall–Kier alpha value is -1.73. The van der Waals surface area contributed by atoms with Gasteiger partial charge in [-0.3, -0.25) is 10.1 Å². The van der Waals surface area contributed by atoms with Crippen molar-refractivity contribution in [2.45, 2.75) is 0 Å². The van der Waals surface area contributed by atoms with Gasteiger partial charge in [0.1, 0.15) is 0 Å². The first-order valence-electron chi connectivity index (χ1n) is 5.00. The van der Waals surface area contributed by atoms with Crippen LogP contribution in [0.5, 0.6) is 0 Å². The number of aliphatic hydroxyl groups excluding tert-OH is 2. The Morgan fingerprint density at radius 1 is 1.29 bits per heavy atom. The van der Waals surface area contributed by atoms with Gasteiger partial charge in [0.05, 0.1) is 18.1 Å². The predicted molar refractivity (Wildman–Crippen MR) is 59.4 cm³/mol. The number of nitro benzene ring substituents is 1. The maximum absolute atomic E-state index is 13.1. The lowest BCUT2D eigenvalue weighted by atomic mass is 10.2. The molecule has 0 aliphatic carbocycles. The molecule has 0 bridgehead atoms. The molecule has 0 fully saturated rings. The van der Waals surface area contributed by atoms with Gasteiger partial charge in [-0.1, -0.05) is 0 Å². The minimum atomic E-state index is -0.910. The molecule has 0 aliphatic rings. The zero-order valence-electron chi connectivity index (χ0n) is 9.04. The van der Waals surface area contributed by atoms with E-state index in [9.17, 15) is 14.5 Å². The number of hydrogen-bond donors (Lipinski definition) is 2. The molecular weight excluding hydrogens is 231 g/mol. The van der Waals surface area contributed by atoms with E-state index in [0.29, 0.717) is 5.69 Å². The van der Waals surface area contributed by atoms with Gasteiger partial charge in [-0.2, -0.15) is 4.39 Å². The molecule has 6 nitrogen and oxygen atoms in total. The minimum Gasteiger partial charge on any atom is -0.395 e. The minimum absolute atomic E-state index is 0.162. The fourth-order valence-electron chi connectivity index (χ4n) is 1.45. The molecule has 1 rings (SSSR count). The number of anilines is 1. The fraction of sp³-hybridized carbons (Fsp3) is 0.400. The van der Waals surface area contributed by atoms with E-state index in [2.05, 4.69) is 0 Å². The molecule has 0 saturated carbocycles. The largest absolute Gasteiger partial charge is 0.395 e. The van der Waals surface area contributed by atoms with Crippen molar-refractivity contribution in [1.82, 2.24) is 0 Å². The number of rotatable bonds is 6. The van der Waals surface area contributed by atoms with E-state index >= 15 is 0 Å². The summed E-state index contributed by atoms with van der Waals surface area (Å²) in [5.74, 6) is -0.910. The highest BCUT2D eigenvalue weighted by Gasteiger charge is 2.16. The van der Waals surface area contributed by atoms with Crippen molar-refractivity contribution in [2.24, 2.45) is 0 Å². The molecule has 94 valence electrons. The van der Waals surface area contributed by atoms with E-state index in [1.54, 1.807) is 0 Å². The first-order valence-corrected chi connectivity index (χ1v) is 5.00. The molecule has 0 aromatic heterocycles. The molecule has 0 amide bonds. The Balaban J connectivity index is 3.03. The van der Waals surface area contributed by atoms with Crippen molar-refractivity contribution in [3.8, 4) is 0 Å². The smallest absolute Gasteiger partial charge is 0.306 e. The van der Waals surface area contributed by atoms with Gasteiger partial charge in [0, 0.05) is 24.8 Å². The van der Waals surface area contributed by atoms with Crippen molar-refractivity contribution < 1.29 is 19.5 Å². The van der Waals surface area contributed by atoms with Crippen LogP contribution in [-0.2, 0) is 0 Å². The van der Waals surface area contributed by atoms with Crippen molar-refractivity contribution in [3.63, 3.8) is 0 Å². The first kappa shape index (κ1) is 13.3. The van der Waals surface area contributed by atoms with Crippen LogP contribution in [0.2, 0.25) is 0 Å². The fourth-order valence-corrected chi connectivity index (χ4v) is 1.45. The quantitative estimate of drug-likeness (QED) is 0.563. The summed E-state index contributed by atoms with van der Waals surface area (Å²) in [6, 6.07) is 3.45. The molecule has 0 aliphatic heterocycles. The van der Waals surface area contributed by atoms with Gasteiger partial charge in [-0.25, -0.2) is 0 Å². The summed E-state index contributed by atoms with van der Waals surface area (Å²) >= 11 is 0. The average Bonchev–Trinajstić information content (AvgIpc) is 2.29. The molecule has 0 unspecified atom stereocenters. The number of hydrogen-bond acceptors (Lipinski definition) is 5. The molecule has 0 radical (unpaired) electrons. The van der Waals surface area contributed by atoms with Gasteiger partial charge in [0.15, 0.2) is 0 Å². The zero-order chi connectivity index (χ0) is 12.8. The van der Waals surface area contributed by atoms with Crippen LogP contribution in [0.1, 0.15) is 0 Å². The summed E-state index contributed by atoms with van der Waals surface area (Å²) in [6.45, 7) is 0.100. The second-order valence-corrected chi connectivity index (χ2v) is 3.33. The highest BCUT2D eigenvalue weighted by Crippen LogP contribution is 2.24. The molecular formula is C10H13FN2O4. The van der Waals surface area contributed by atoms with E-state index in [-0.39, 0.29) is 26.3 Å². The average molecular weight is 244 g/mol. The summed E-state index contributed by atoms with van der Waals surface area (Å²) in [5.41, 5.74) is -0.232. The zero-order valence-corrected chi connectivity index (χ0v) is 9.04. The summed E-state index contributed by atoms with van der Waals surface area (Å²) in [4.78, 5) is 11.3. The molecule has 1 aromatic carbocycles. The Labute approximate surface area is 97.1 Å². The van der Waals surface area contributed by atoms with Gasteiger partial charge in [0.2, 0.25) is 5.82 Å². The van der Waals surface area contributed by atoms with Crippen LogP contribution in [0.3, 0.4) is 0 Å². The van der Waals surface area contributed by atoms with Gasteiger partial charge in [0.25, 0.3) is 0 Å². The lowest BCUT2D eigenvalue weighted by molar-refractivity contribution is -0.387. The number of halogens is 1. The molecule has 0 spiro atoms. The van der Waals surface area contributed by atoms with E-state index in [1.807, 2.05) is 0 Å². The van der Waals surface area contributed by atoms with E-state index in [1.165, 1.54) is 11.0 Å². The second-order valence-electron chi connectivity index (χ2n) is 3.33. The molecule has 7 heteroatoms. The predicted octanol–water partition coefficient (Wildman–Crippen LogP) is 0.525. The third-order valence-corrected chi connectivity index (χ3v) is 2.23. The van der Waals surface area contributed by atoms with Crippen LogP contribution in [0.25, 0.3) is 0 Å². The van der Waals surface area contributed by atoms with Gasteiger partial charge in [-0.15, -0.1) is 0 Å². The SMILES string of the molecule is O=[N+]([O-])c1cc(N(CCO)CCO)ccc1F. The van der Waals surface area contributed by atoms with Gasteiger partial charge < -0.3 is 15.1 Å². The van der Waals surface area contributed by atoms with Crippen LogP contribution in [0.4, 0.5) is 15.8 Å². The van der Waals surface area contributed by atoms with E-state index in [4.69, 9.17) is 10.2 Å². The maximum Gasteiger partial charge on any atom is 0.306 e. The first-order chi connectivity index (χ1) is 8.10. The second kappa shape index (κ2) is 6.12. The van der Waals surface area contributed by atoms with Crippen molar-refractivity contribution in [2.75, 3.05) is 31.2 Å². The topological polar surface area (TPSA) is 86.8 Å². The summed E-state index contributed by atoms with van der Waals surface area (Å²) < 4.78 is 13.1. The third kappa shape index (κ3) is 3.36. The van der Waals surface area contributed by atoms with Gasteiger partial charge >= 0.3 is 5.69 Å². The van der Waals surface area contributed by atoms with Crippen LogP contribution in [0, 0.1) is 15.9 Å². The Morgan fingerprint density at radius 3 is 2.35 bits per heavy atom. The molecule has 17 heavy (non-hydrogen) atoms. The third-order valence-electron chi connectivity index (χ3n) is 2.23. The Kier molecular flexibility index (Phi) is 4.80. The van der Waals surface area contributed by atoms with Crippen LogP contribution in [0.15, 0.2) is 18.2 Å². The van der Waals surface area contributed by atoms with Gasteiger partial charge in [-0.05, 0) is 12.1 Å². The molecule has 0 atom stereocenters. The Bertz CT molecular complexity index is 394. The number of benzene rings is 1. The molecule has 0 saturated heterocycles. The maximum atomic E-state index is 13.1. The highest BCUT2D eigenvalue weighted by molar-refractivity contribution is 5.53. The van der Waals surface area contributed by atoms with Crippen LogP contribution in [-0.4, -0.2) is 41.4 Å². The summed E-state index contributed by atoms with van der Waals surface area (Å²) in [7, 11) is 0. The van der Waals surface area contributed by atoms with E-state index < -0.39 is 16.4 Å². The Morgan fingerprint density at radius 2 is 1.88 bits per heavy atom. The lowest BCUT2D eigenvalue weighted by Gasteiger charge is -2.22. The molecule has 2 N–H and O–H groups in total. The normalized spacial score (nSPS) is 10.3. The number of nitrogens with zero attached hydrogens (tertiary/aromatic N) is 2. The van der Waals surface area contributed by atoms with Crippen molar-refractivity contribution in [3.05, 3.63) is 34.1 Å². The number of nitro groups is 1. The monoisotopic (exact) mass is 244 g/mol. The molecule has 0 heterocycles. The van der Waals surface area contributed by atoms with Crippen molar-refractivity contribution in [1.29, 1.82) is 0 Å². The number of aliphatic hydroxyl groups is 2. The van der Waals surface area contributed by atoms with Crippen LogP contribution >= 0.6 is 0 Å². The summed E-state index contributed by atoms with van der Waals surface area (Å²) in [5, 5.41) is 28.2. The highest BCUT2D eigenvalue weighted by atomic mass is 19.1. The van der Waals surface area contributed by atoms with E-state index in [0.717, 1.165) is 12.1 Å². The van der Waals surface area contributed by atoms with Crippen molar-refractivity contribution >= 4 is 11.4 Å². The standard InChI is InChI=1S/C10H13FN2O4/c11-9-2-1-8(7-10(9)13(16)17)12(3-5-14)4-6-15/h1-2,7,14-15H,3-6H2.